The highest BCUT2D eigenvalue weighted by atomic mass is 79.9. The van der Waals surface area contributed by atoms with Crippen molar-refractivity contribution in [2.24, 2.45) is 0 Å². The average molecular weight is 329 g/mol. The summed E-state index contributed by atoms with van der Waals surface area (Å²) >= 11 is 3.45. The molecule has 5 heteroatoms. The van der Waals surface area contributed by atoms with Gasteiger partial charge in [-0.2, -0.15) is 5.10 Å². The van der Waals surface area contributed by atoms with E-state index in [2.05, 4.69) is 31.1 Å². The van der Waals surface area contributed by atoms with Crippen LogP contribution in [0.5, 0.6) is 0 Å². The van der Waals surface area contributed by atoms with E-state index < -0.39 is 0 Å². The maximum absolute atomic E-state index is 5.67. The lowest BCUT2D eigenvalue weighted by Crippen LogP contribution is -1.92. The summed E-state index contributed by atoms with van der Waals surface area (Å²) in [5, 5.41) is 7.24. The number of nitrogens with two attached hydrogens (primary N) is 1. The minimum absolute atomic E-state index is 0.705. The average Bonchev–Trinajstić information content (AvgIpc) is 2.90. The maximum atomic E-state index is 5.67. The fraction of sp³-hybridized carbons (Fsp3) is 0.0667. The third-order valence-corrected chi connectivity index (χ3v) is 3.46. The molecule has 3 aromatic rings. The second-order valence-corrected chi connectivity index (χ2v) is 5.45. The standard InChI is InChI=1S/C15H13BrN4/c16-12-3-1-2-11(9-12)15-18-14(19-20-15)8-10-4-6-13(17)7-5-10/h1-7,9H,8,17H2,(H,18,19,20). The number of rotatable bonds is 3. The molecule has 4 nitrogen and oxygen atoms in total. The molecule has 2 aromatic carbocycles. The van der Waals surface area contributed by atoms with Crippen LogP contribution in [-0.2, 0) is 6.42 Å². The van der Waals surface area contributed by atoms with Crippen LogP contribution in [0.3, 0.4) is 0 Å². The Balaban J connectivity index is 1.82. The summed E-state index contributed by atoms with van der Waals surface area (Å²) in [6, 6.07) is 15.7. The van der Waals surface area contributed by atoms with E-state index in [1.54, 1.807) is 0 Å². The zero-order chi connectivity index (χ0) is 13.9. The van der Waals surface area contributed by atoms with Gasteiger partial charge in [-0.1, -0.05) is 40.2 Å². The smallest absolute Gasteiger partial charge is 0.181 e. The highest BCUT2D eigenvalue weighted by Crippen LogP contribution is 2.20. The third kappa shape index (κ3) is 2.88. The molecule has 3 rings (SSSR count). The minimum Gasteiger partial charge on any atom is -0.399 e. The van der Waals surface area contributed by atoms with Crippen LogP contribution in [0.2, 0.25) is 0 Å². The number of H-pyrrole nitrogens is 1. The topological polar surface area (TPSA) is 67.6 Å². The number of nitrogen functional groups attached to an aromatic ring is 1. The molecule has 3 N–H and O–H groups in total. The molecular formula is C15H13BrN4. The van der Waals surface area contributed by atoms with E-state index in [9.17, 15) is 0 Å². The first-order valence-electron chi connectivity index (χ1n) is 6.22. The lowest BCUT2D eigenvalue weighted by molar-refractivity contribution is 0.973. The summed E-state index contributed by atoms with van der Waals surface area (Å²) in [5.74, 6) is 1.54. The van der Waals surface area contributed by atoms with E-state index in [0.717, 1.165) is 27.1 Å². The van der Waals surface area contributed by atoms with Gasteiger partial charge in [0.15, 0.2) is 5.82 Å². The van der Waals surface area contributed by atoms with Crippen molar-refractivity contribution in [1.29, 1.82) is 0 Å². The molecule has 0 bridgehead atoms. The predicted octanol–water partition coefficient (Wildman–Crippen LogP) is 3.41. The SMILES string of the molecule is Nc1ccc(Cc2nc(-c3cccc(Br)c3)n[nH]2)cc1. The molecule has 0 atom stereocenters. The Morgan fingerprint density at radius 2 is 1.90 bits per heavy atom. The van der Waals surface area contributed by atoms with Crippen molar-refractivity contribution in [2.75, 3.05) is 5.73 Å². The number of aromatic amines is 1. The van der Waals surface area contributed by atoms with Crippen molar-refractivity contribution in [1.82, 2.24) is 15.2 Å². The van der Waals surface area contributed by atoms with Crippen LogP contribution in [0.25, 0.3) is 11.4 Å². The molecule has 100 valence electrons. The molecule has 1 aromatic heterocycles. The number of aromatic nitrogens is 3. The van der Waals surface area contributed by atoms with Crippen LogP contribution in [0.15, 0.2) is 53.0 Å². The first-order valence-corrected chi connectivity index (χ1v) is 7.01. The quantitative estimate of drug-likeness (QED) is 0.724. The molecule has 0 aliphatic carbocycles. The molecule has 1 heterocycles. The van der Waals surface area contributed by atoms with Crippen LogP contribution in [0.4, 0.5) is 5.69 Å². The number of nitrogens with one attached hydrogen (secondary N) is 1. The summed E-state index contributed by atoms with van der Waals surface area (Å²) < 4.78 is 1.01. The molecule has 0 aliphatic rings. The third-order valence-electron chi connectivity index (χ3n) is 2.97. The monoisotopic (exact) mass is 328 g/mol. The van der Waals surface area contributed by atoms with Gasteiger partial charge in [-0.3, -0.25) is 5.10 Å². The molecule has 0 saturated carbocycles. The molecule has 0 spiro atoms. The summed E-state index contributed by atoms with van der Waals surface area (Å²) in [7, 11) is 0. The van der Waals surface area contributed by atoms with Gasteiger partial charge in [-0.25, -0.2) is 4.98 Å². The van der Waals surface area contributed by atoms with Crippen molar-refractivity contribution in [3.63, 3.8) is 0 Å². The van der Waals surface area contributed by atoms with E-state index in [-0.39, 0.29) is 0 Å². The van der Waals surface area contributed by atoms with Gasteiger partial charge in [-0.15, -0.1) is 0 Å². The number of nitrogens with zero attached hydrogens (tertiary/aromatic N) is 2. The number of halogens is 1. The second kappa shape index (κ2) is 5.46. The summed E-state index contributed by atoms with van der Waals surface area (Å²) in [6.07, 6.45) is 0.710. The summed E-state index contributed by atoms with van der Waals surface area (Å²) in [4.78, 5) is 4.52. The van der Waals surface area contributed by atoms with Crippen molar-refractivity contribution >= 4 is 21.6 Å². The Hall–Kier alpha value is -2.14. The van der Waals surface area contributed by atoms with E-state index in [1.165, 1.54) is 0 Å². The van der Waals surface area contributed by atoms with E-state index in [4.69, 9.17) is 5.73 Å². The highest BCUT2D eigenvalue weighted by Gasteiger charge is 2.06. The summed E-state index contributed by atoms with van der Waals surface area (Å²) in [5.41, 5.74) is 8.57. The first-order chi connectivity index (χ1) is 9.70. The first kappa shape index (κ1) is 12.9. The van der Waals surface area contributed by atoms with Crippen LogP contribution in [0.1, 0.15) is 11.4 Å². The van der Waals surface area contributed by atoms with Crippen LogP contribution in [-0.4, -0.2) is 15.2 Å². The Morgan fingerprint density at radius 1 is 1.10 bits per heavy atom. The van der Waals surface area contributed by atoms with Crippen molar-refractivity contribution < 1.29 is 0 Å². The highest BCUT2D eigenvalue weighted by molar-refractivity contribution is 9.10. The van der Waals surface area contributed by atoms with Crippen LogP contribution < -0.4 is 5.73 Å². The molecule has 0 unspecified atom stereocenters. The van der Waals surface area contributed by atoms with Crippen LogP contribution in [0, 0.1) is 0 Å². The molecule has 0 radical (unpaired) electrons. The number of hydrogen-bond acceptors (Lipinski definition) is 3. The lowest BCUT2D eigenvalue weighted by Gasteiger charge is -1.98. The van der Waals surface area contributed by atoms with Gasteiger partial charge < -0.3 is 5.73 Å². The Kier molecular flexibility index (Phi) is 3.52. The van der Waals surface area contributed by atoms with E-state index in [0.29, 0.717) is 12.2 Å². The van der Waals surface area contributed by atoms with Gasteiger partial charge in [0.25, 0.3) is 0 Å². The number of anilines is 1. The Bertz CT molecular complexity index is 719. The van der Waals surface area contributed by atoms with Crippen molar-refractivity contribution in [3.05, 3.63) is 64.4 Å². The van der Waals surface area contributed by atoms with E-state index in [1.807, 2.05) is 48.5 Å². The van der Waals surface area contributed by atoms with Gasteiger partial charge in [-0.05, 0) is 29.8 Å². The Morgan fingerprint density at radius 3 is 2.65 bits per heavy atom. The van der Waals surface area contributed by atoms with Crippen molar-refractivity contribution in [2.45, 2.75) is 6.42 Å². The number of benzene rings is 2. The fourth-order valence-electron chi connectivity index (χ4n) is 1.96. The molecule has 0 amide bonds. The van der Waals surface area contributed by atoms with Gasteiger partial charge in [0, 0.05) is 22.1 Å². The molecular weight excluding hydrogens is 316 g/mol. The largest absolute Gasteiger partial charge is 0.399 e. The normalized spacial score (nSPS) is 10.7. The predicted molar refractivity (Wildman–Crippen MR) is 83.2 cm³/mol. The summed E-state index contributed by atoms with van der Waals surface area (Å²) in [6.45, 7) is 0. The van der Waals surface area contributed by atoms with Gasteiger partial charge in [0.1, 0.15) is 5.82 Å². The minimum atomic E-state index is 0.705. The van der Waals surface area contributed by atoms with Gasteiger partial charge >= 0.3 is 0 Å². The molecule has 20 heavy (non-hydrogen) atoms. The fourth-order valence-corrected chi connectivity index (χ4v) is 2.36. The van der Waals surface area contributed by atoms with Gasteiger partial charge in [0.05, 0.1) is 0 Å². The second-order valence-electron chi connectivity index (χ2n) is 4.53. The van der Waals surface area contributed by atoms with Crippen LogP contribution >= 0.6 is 15.9 Å². The van der Waals surface area contributed by atoms with Crippen molar-refractivity contribution in [3.8, 4) is 11.4 Å². The van der Waals surface area contributed by atoms with E-state index >= 15 is 0 Å². The zero-order valence-corrected chi connectivity index (χ0v) is 12.3. The molecule has 0 saturated heterocycles. The Labute approximate surface area is 125 Å². The molecule has 0 aliphatic heterocycles. The molecule has 0 fully saturated rings. The van der Waals surface area contributed by atoms with Gasteiger partial charge in [0.2, 0.25) is 0 Å². The maximum Gasteiger partial charge on any atom is 0.181 e. The number of hydrogen-bond donors (Lipinski definition) is 2. The zero-order valence-electron chi connectivity index (χ0n) is 10.7. The lowest BCUT2D eigenvalue weighted by atomic mass is 10.1.